The number of aromatic nitrogens is 2. The molecule has 2 N–H and O–H groups in total. The third-order valence-electron chi connectivity index (χ3n) is 5.93. The van der Waals surface area contributed by atoms with E-state index >= 15 is 0 Å². The Morgan fingerprint density at radius 1 is 1.24 bits per heavy atom. The maximum Gasteiger partial charge on any atom is 0.221 e. The van der Waals surface area contributed by atoms with Crippen LogP contribution in [0.25, 0.3) is 10.9 Å². The van der Waals surface area contributed by atoms with E-state index in [1.807, 2.05) is 54.7 Å². The highest BCUT2D eigenvalue weighted by Gasteiger charge is 2.25. The Morgan fingerprint density at radius 3 is 2.88 bits per heavy atom. The maximum atomic E-state index is 13.0. The largest absolute Gasteiger partial charge is 0.497 e. The Hall–Kier alpha value is -3.71. The van der Waals surface area contributed by atoms with Gasteiger partial charge in [0.2, 0.25) is 5.91 Å². The molecule has 1 aliphatic heterocycles. The number of pyridine rings is 1. The molecular formula is C26H24ClN3O4. The second kappa shape index (κ2) is 9.65. The number of nitrogens with one attached hydrogen (secondary N) is 2. The maximum absolute atomic E-state index is 13.0. The van der Waals surface area contributed by atoms with Crippen molar-refractivity contribution in [2.75, 3.05) is 20.3 Å². The van der Waals surface area contributed by atoms with Crippen molar-refractivity contribution < 1.29 is 19.0 Å². The number of nitrogens with zero attached hydrogens (tertiary/aromatic N) is 1. The molecule has 1 aliphatic rings. The van der Waals surface area contributed by atoms with Crippen LogP contribution in [0.15, 0.2) is 67.0 Å². The first kappa shape index (κ1) is 22.1. The van der Waals surface area contributed by atoms with E-state index in [-0.39, 0.29) is 24.3 Å². The summed E-state index contributed by atoms with van der Waals surface area (Å²) in [6.45, 7) is 0.727. The fourth-order valence-corrected chi connectivity index (χ4v) is 4.30. The molecule has 0 spiro atoms. The van der Waals surface area contributed by atoms with E-state index in [0.717, 1.165) is 33.5 Å². The van der Waals surface area contributed by atoms with Crippen LogP contribution in [0.1, 0.15) is 23.5 Å². The summed E-state index contributed by atoms with van der Waals surface area (Å²) in [6, 6.07) is 17.0. The summed E-state index contributed by atoms with van der Waals surface area (Å²) in [4.78, 5) is 20.6. The van der Waals surface area contributed by atoms with Gasteiger partial charge in [-0.25, -0.2) is 4.98 Å². The summed E-state index contributed by atoms with van der Waals surface area (Å²) in [6.07, 6.45) is 3.63. The van der Waals surface area contributed by atoms with Crippen molar-refractivity contribution in [1.82, 2.24) is 15.3 Å². The van der Waals surface area contributed by atoms with Crippen LogP contribution in [0, 0.1) is 0 Å². The summed E-state index contributed by atoms with van der Waals surface area (Å²) in [5.74, 6) is 1.83. The van der Waals surface area contributed by atoms with E-state index in [0.29, 0.717) is 24.1 Å². The SMILES string of the molecule is COc1ccc2[nH]cc([C@@H](CC(=O)NC[C@H]3COc4ccccc4O3)c3ccc(Cl)nc3)c2c1. The molecule has 4 aromatic rings. The molecule has 2 atom stereocenters. The second-order valence-corrected chi connectivity index (χ2v) is 8.52. The van der Waals surface area contributed by atoms with Crippen LogP contribution >= 0.6 is 11.6 Å². The number of carbonyl (C=O) groups is 1. The predicted octanol–water partition coefficient (Wildman–Crippen LogP) is 4.70. The number of carbonyl (C=O) groups excluding carboxylic acids is 1. The number of rotatable bonds is 7. The molecule has 0 saturated heterocycles. The fraction of sp³-hybridized carbons (Fsp3) is 0.231. The highest BCUT2D eigenvalue weighted by Crippen LogP contribution is 2.35. The molecule has 2 aromatic carbocycles. The summed E-state index contributed by atoms with van der Waals surface area (Å²) < 4.78 is 17.1. The number of amides is 1. The number of ether oxygens (including phenoxy) is 3. The van der Waals surface area contributed by atoms with E-state index in [1.165, 1.54) is 0 Å². The number of methoxy groups -OCH3 is 1. The Labute approximate surface area is 202 Å². The lowest BCUT2D eigenvalue weighted by Crippen LogP contribution is -2.41. The van der Waals surface area contributed by atoms with Crippen LogP contribution in [0.4, 0.5) is 0 Å². The molecule has 5 rings (SSSR count). The topological polar surface area (TPSA) is 85.5 Å². The van der Waals surface area contributed by atoms with Crippen LogP contribution in [-0.4, -0.2) is 42.2 Å². The van der Waals surface area contributed by atoms with Gasteiger partial charge in [-0.1, -0.05) is 29.8 Å². The summed E-state index contributed by atoms with van der Waals surface area (Å²) in [7, 11) is 1.64. The highest BCUT2D eigenvalue weighted by molar-refractivity contribution is 6.29. The summed E-state index contributed by atoms with van der Waals surface area (Å²) in [5.41, 5.74) is 2.85. The van der Waals surface area contributed by atoms with Crippen LogP contribution in [0.3, 0.4) is 0 Å². The number of H-pyrrole nitrogens is 1. The lowest BCUT2D eigenvalue weighted by molar-refractivity contribution is -0.121. The average Bonchev–Trinajstić information content (AvgIpc) is 3.29. The zero-order valence-corrected chi connectivity index (χ0v) is 19.3. The van der Waals surface area contributed by atoms with Gasteiger partial charge in [-0.2, -0.15) is 0 Å². The van der Waals surface area contributed by atoms with Crippen molar-refractivity contribution >= 4 is 28.4 Å². The Bertz CT molecular complexity index is 1310. The van der Waals surface area contributed by atoms with E-state index in [1.54, 1.807) is 19.4 Å². The quantitative estimate of drug-likeness (QED) is 0.377. The van der Waals surface area contributed by atoms with E-state index < -0.39 is 0 Å². The average molecular weight is 478 g/mol. The zero-order valence-electron chi connectivity index (χ0n) is 18.6. The predicted molar refractivity (Wildman–Crippen MR) is 130 cm³/mol. The highest BCUT2D eigenvalue weighted by atomic mass is 35.5. The van der Waals surface area contributed by atoms with Gasteiger partial charge in [-0.15, -0.1) is 0 Å². The summed E-state index contributed by atoms with van der Waals surface area (Å²) >= 11 is 6.01. The number of hydrogen-bond donors (Lipinski definition) is 2. The molecule has 0 unspecified atom stereocenters. The lowest BCUT2D eigenvalue weighted by Gasteiger charge is -2.26. The first-order chi connectivity index (χ1) is 16.6. The van der Waals surface area contributed by atoms with Gasteiger partial charge in [0.25, 0.3) is 0 Å². The first-order valence-electron chi connectivity index (χ1n) is 11.0. The number of halogens is 1. The molecule has 0 aliphatic carbocycles. The number of benzene rings is 2. The van der Waals surface area contributed by atoms with Crippen molar-refractivity contribution in [2.24, 2.45) is 0 Å². The van der Waals surface area contributed by atoms with Gasteiger partial charge in [-0.05, 0) is 47.5 Å². The third-order valence-corrected chi connectivity index (χ3v) is 6.16. The summed E-state index contributed by atoms with van der Waals surface area (Å²) in [5, 5.41) is 4.40. The fourth-order valence-electron chi connectivity index (χ4n) is 4.19. The molecule has 8 heteroatoms. The van der Waals surface area contributed by atoms with E-state index in [9.17, 15) is 4.79 Å². The van der Waals surface area contributed by atoms with Crippen LogP contribution in [-0.2, 0) is 4.79 Å². The minimum absolute atomic E-state index is 0.0975. The van der Waals surface area contributed by atoms with E-state index in [4.69, 9.17) is 25.8 Å². The van der Waals surface area contributed by atoms with Crippen molar-refractivity contribution in [3.05, 3.63) is 83.3 Å². The van der Waals surface area contributed by atoms with Gasteiger partial charge >= 0.3 is 0 Å². The standard InChI is InChI=1S/C26H24ClN3O4/c1-32-17-7-8-22-20(10-17)21(14-28-22)19(16-6-9-25(27)29-12-16)11-26(31)30-13-18-15-33-23-4-2-3-5-24(23)34-18/h2-10,12,14,18-19,28H,11,13,15H2,1H3,(H,30,31)/t18-,19-/m0/s1. The number of aromatic amines is 1. The molecule has 1 amide bonds. The Kier molecular flexibility index (Phi) is 6.27. The van der Waals surface area contributed by atoms with Crippen LogP contribution in [0.2, 0.25) is 5.15 Å². The molecule has 0 radical (unpaired) electrons. The number of para-hydroxylation sites is 2. The molecule has 0 bridgehead atoms. The number of hydrogen-bond acceptors (Lipinski definition) is 5. The lowest BCUT2D eigenvalue weighted by atomic mass is 9.89. The minimum Gasteiger partial charge on any atom is -0.497 e. The van der Waals surface area contributed by atoms with Crippen LogP contribution < -0.4 is 19.5 Å². The van der Waals surface area contributed by atoms with Crippen LogP contribution in [0.5, 0.6) is 17.2 Å². The Balaban J connectivity index is 1.34. The smallest absolute Gasteiger partial charge is 0.221 e. The van der Waals surface area contributed by atoms with Gasteiger partial charge in [0.05, 0.1) is 13.7 Å². The Morgan fingerprint density at radius 2 is 2.09 bits per heavy atom. The molecule has 174 valence electrons. The van der Waals surface area contributed by atoms with E-state index in [2.05, 4.69) is 15.3 Å². The molecule has 3 heterocycles. The molecule has 2 aromatic heterocycles. The third kappa shape index (κ3) is 4.65. The first-order valence-corrected chi connectivity index (χ1v) is 11.4. The normalized spacial score (nSPS) is 15.6. The van der Waals surface area contributed by atoms with Crippen molar-refractivity contribution in [2.45, 2.75) is 18.4 Å². The molecule has 0 saturated carbocycles. The monoisotopic (exact) mass is 477 g/mol. The van der Waals surface area contributed by atoms with Crippen molar-refractivity contribution in [1.29, 1.82) is 0 Å². The van der Waals surface area contributed by atoms with Gasteiger partial charge in [-0.3, -0.25) is 4.79 Å². The minimum atomic E-state index is -0.258. The van der Waals surface area contributed by atoms with Crippen molar-refractivity contribution in [3.63, 3.8) is 0 Å². The zero-order chi connectivity index (χ0) is 23.5. The van der Waals surface area contributed by atoms with Gasteiger partial charge in [0.1, 0.15) is 23.6 Å². The van der Waals surface area contributed by atoms with Gasteiger partial charge in [0, 0.05) is 35.6 Å². The van der Waals surface area contributed by atoms with Gasteiger partial charge < -0.3 is 24.5 Å². The van der Waals surface area contributed by atoms with Crippen molar-refractivity contribution in [3.8, 4) is 17.2 Å². The molecule has 0 fully saturated rings. The molecule has 7 nitrogen and oxygen atoms in total. The molecule has 34 heavy (non-hydrogen) atoms. The second-order valence-electron chi connectivity index (χ2n) is 8.13. The molecular weight excluding hydrogens is 454 g/mol. The number of fused-ring (bicyclic) bond motifs is 2. The van der Waals surface area contributed by atoms with Gasteiger partial charge in [0.15, 0.2) is 11.5 Å².